The number of carbonyl (C=O) groups excluding carboxylic acids is 1. The Kier molecular flexibility index (Phi) is 3.14. The number of nitrogens with zero attached hydrogens (tertiary/aromatic N) is 2. The van der Waals surface area contributed by atoms with Gasteiger partial charge in [0.2, 0.25) is 0 Å². The molecule has 4 heteroatoms. The molecule has 1 aromatic carbocycles. The average Bonchev–Trinajstić information content (AvgIpc) is 2.32. The van der Waals surface area contributed by atoms with Gasteiger partial charge in [-0.25, -0.2) is 9.97 Å². The molecule has 0 saturated carbocycles. The minimum Gasteiger partial charge on any atom is -0.321 e. The van der Waals surface area contributed by atoms with Crippen LogP contribution >= 0.6 is 0 Å². The van der Waals surface area contributed by atoms with Crippen LogP contribution in [0.5, 0.6) is 0 Å². The van der Waals surface area contributed by atoms with Gasteiger partial charge in [-0.05, 0) is 32.0 Å². The second-order valence-electron chi connectivity index (χ2n) is 3.86. The fourth-order valence-corrected chi connectivity index (χ4v) is 1.41. The van der Waals surface area contributed by atoms with Crippen molar-refractivity contribution in [1.82, 2.24) is 9.97 Å². The lowest BCUT2D eigenvalue weighted by Gasteiger charge is -2.05. The smallest absolute Gasteiger partial charge is 0.274 e. The largest absolute Gasteiger partial charge is 0.321 e. The van der Waals surface area contributed by atoms with Gasteiger partial charge in [0.15, 0.2) is 0 Å². The third-order valence-corrected chi connectivity index (χ3v) is 2.35. The molecule has 17 heavy (non-hydrogen) atoms. The van der Waals surface area contributed by atoms with E-state index in [0.717, 1.165) is 16.9 Å². The summed E-state index contributed by atoms with van der Waals surface area (Å²) in [6, 6.07) is 9.27. The summed E-state index contributed by atoms with van der Waals surface area (Å²) in [5.74, 6) is -0.223. The number of rotatable bonds is 2. The SMILES string of the molecule is Cc1ccc(NC(=O)c2cc(C)ncn2)cc1. The van der Waals surface area contributed by atoms with E-state index in [1.807, 2.05) is 38.1 Å². The third-order valence-electron chi connectivity index (χ3n) is 2.35. The molecule has 1 amide bonds. The zero-order valence-corrected chi connectivity index (χ0v) is 9.77. The second-order valence-corrected chi connectivity index (χ2v) is 3.86. The van der Waals surface area contributed by atoms with Crippen LogP contribution in [0.4, 0.5) is 5.69 Å². The van der Waals surface area contributed by atoms with E-state index in [4.69, 9.17) is 0 Å². The highest BCUT2D eigenvalue weighted by Gasteiger charge is 2.07. The fraction of sp³-hybridized carbons (Fsp3) is 0.154. The van der Waals surface area contributed by atoms with Crippen molar-refractivity contribution in [3.8, 4) is 0 Å². The van der Waals surface area contributed by atoms with Gasteiger partial charge < -0.3 is 5.32 Å². The van der Waals surface area contributed by atoms with Crippen molar-refractivity contribution in [3.63, 3.8) is 0 Å². The number of benzene rings is 1. The standard InChI is InChI=1S/C13H13N3O/c1-9-3-5-11(6-4-9)16-13(17)12-7-10(2)14-8-15-12/h3-8H,1-2H3,(H,16,17). The monoisotopic (exact) mass is 227 g/mol. The predicted molar refractivity (Wildman–Crippen MR) is 65.9 cm³/mol. The van der Waals surface area contributed by atoms with Crippen LogP contribution in [0.1, 0.15) is 21.7 Å². The molecule has 0 aliphatic rings. The maximum atomic E-state index is 11.8. The Morgan fingerprint density at radius 2 is 1.82 bits per heavy atom. The Morgan fingerprint density at radius 1 is 1.12 bits per heavy atom. The zero-order valence-electron chi connectivity index (χ0n) is 9.77. The van der Waals surface area contributed by atoms with Gasteiger partial charge in [-0.1, -0.05) is 17.7 Å². The highest BCUT2D eigenvalue weighted by atomic mass is 16.1. The Morgan fingerprint density at radius 3 is 2.47 bits per heavy atom. The van der Waals surface area contributed by atoms with Gasteiger partial charge in [-0.15, -0.1) is 0 Å². The van der Waals surface area contributed by atoms with Crippen molar-refractivity contribution in [2.75, 3.05) is 5.32 Å². The first-order valence-electron chi connectivity index (χ1n) is 5.32. The van der Waals surface area contributed by atoms with Crippen molar-refractivity contribution in [1.29, 1.82) is 0 Å². The van der Waals surface area contributed by atoms with Crippen LogP contribution in [0.15, 0.2) is 36.7 Å². The molecular formula is C13H13N3O. The number of hydrogen-bond donors (Lipinski definition) is 1. The molecule has 0 fully saturated rings. The quantitative estimate of drug-likeness (QED) is 0.856. The molecule has 0 atom stereocenters. The minimum atomic E-state index is -0.223. The molecule has 1 N–H and O–H groups in total. The lowest BCUT2D eigenvalue weighted by molar-refractivity contribution is 0.102. The maximum Gasteiger partial charge on any atom is 0.274 e. The van der Waals surface area contributed by atoms with Crippen LogP contribution < -0.4 is 5.32 Å². The Bertz CT molecular complexity index is 535. The molecule has 1 aromatic heterocycles. The first-order valence-corrected chi connectivity index (χ1v) is 5.32. The van der Waals surface area contributed by atoms with Gasteiger partial charge in [0.1, 0.15) is 12.0 Å². The minimum absolute atomic E-state index is 0.223. The van der Waals surface area contributed by atoms with Crippen LogP contribution in [0.3, 0.4) is 0 Å². The van der Waals surface area contributed by atoms with Gasteiger partial charge in [0.05, 0.1) is 0 Å². The van der Waals surface area contributed by atoms with Gasteiger partial charge in [0, 0.05) is 11.4 Å². The molecule has 1 heterocycles. The Hall–Kier alpha value is -2.23. The number of carbonyl (C=O) groups is 1. The lowest BCUT2D eigenvalue weighted by atomic mass is 10.2. The number of hydrogen-bond acceptors (Lipinski definition) is 3. The van der Waals surface area contributed by atoms with Crippen molar-refractivity contribution < 1.29 is 4.79 Å². The maximum absolute atomic E-state index is 11.8. The third kappa shape index (κ3) is 2.87. The number of anilines is 1. The van der Waals surface area contributed by atoms with E-state index in [1.54, 1.807) is 6.07 Å². The molecule has 0 radical (unpaired) electrons. The summed E-state index contributed by atoms with van der Waals surface area (Å²) in [7, 11) is 0. The molecule has 2 rings (SSSR count). The molecule has 4 nitrogen and oxygen atoms in total. The summed E-state index contributed by atoms with van der Waals surface area (Å²) in [5.41, 5.74) is 3.06. The molecule has 86 valence electrons. The van der Waals surface area contributed by atoms with Gasteiger partial charge in [0.25, 0.3) is 5.91 Å². The number of aromatic nitrogens is 2. The van der Waals surface area contributed by atoms with Gasteiger partial charge >= 0.3 is 0 Å². The van der Waals surface area contributed by atoms with E-state index in [9.17, 15) is 4.79 Å². The van der Waals surface area contributed by atoms with Crippen molar-refractivity contribution in [2.45, 2.75) is 13.8 Å². The molecule has 0 aliphatic carbocycles. The van der Waals surface area contributed by atoms with E-state index in [-0.39, 0.29) is 5.91 Å². The summed E-state index contributed by atoms with van der Waals surface area (Å²) >= 11 is 0. The number of nitrogens with one attached hydrogen (secondary N) is 1. The molecular weight excluding hydrogens is 214 g/mol. The van der Waals surface area contributed by atoms with Crippen LogP contribution in [-0.2, 0) is 0 Å². The predicted octanol–water partition coefficient (Wildman–Crippen LogP) is 2.35. The summed E-state index contributed by atoms with van der Waals surface area (Å²) in [5, 5.41) is 2.78. The zero-order chi connectivity index (χ0) is 12.3. The first-order chi connectivity index (χ1) is 8.15. The lowest BCUT2D eigenvalue weighted by Crippen LogP contribution is -2.14. The van der Waals surface area contributed by atoms with Crippen LogP contribution in [-0.4, -0.2) is 15.9 Å². The van der Waals surface area contributed by atoms with Gasteiger partial charge in [-0.2, -0.15) is 0 Å². The van der Waals surface area contributed by atoms with Crippen molar-refractivity contribution >= 4 is 11.6 Å². The van der Waals surface area contributed by atoms with E-state index < -0.39 is 0 Å². The van der Waals surface area contributed by atoms with E-state index >= 15 is 0 Å². The normalized spacial score (nSPS) is 10.0. The number of aryl methyl sites for hydroxylation is 2. The molecule has 0 aliphatic heterocycles. The van der Waals surface area contributed by atoms with Gasteiger partial charge in [-0.3, -0.25) is 4.79 Å². The Balaban J connectivity index is 2.14. The summed E-state index contributed by atoms with van der Waals surface area (Å²) in [4.78, 5) is 19.7. The van der Waals surface area contributed by atoms with E-state index in [2.05, 4.69) is 15.3 Å². The molecule has 2 aromatic rings. The topological polar surface area (TPSA) is 54.9 Å². The van der Waals surface area contributed by atoms with E-state index in [0.29, 0.717) is 5.69 Å². The highest BCUT2D eigenvalue weighted by molar-refractivity contribution is 6.02. The highest BCUT2D eigenvalue weighted by Crippen LogP contribution is 2.10. The molecule has 0 saturated heterocycles. The van der Waals surface area contributed by atoms with Crippen molar-refractivity contribution in [3.05, 3.63) is 53.6 Å². The summed E-state index contributed by atoms with van der Waals surface area (Å²) in [6.45, 7) is 3.82. The fourth-order valence-electron chi connectivity index (χ4n) is 1.41. The second kappa shape index (κ2) is 4.74. The molecule has 0 bridgehead atoms. The van der Waals surface area contributed by atoms with Crippen LogP contribution in [0.25, 0.3) is 0 Å². The molecule has 0 unspecified atom stereocenters. The number of amides is 1. The average molecular weight is 227 g/mol. The first kappa shape index (κ1) is 11.3. The van der Waals surface area contributed by atoms with Crippen LogP contribution in [0, 0.1) is 13.8 Å². The van der Waals surface area contributed by atoms with Crippen LogP contribution in [0.2, 0.25) is 0 Å². The summed E-state index contributed by atoms with van der Waals surface area (Å²) in [6.07, 6.45) is 1.39. The summed E-state index contributed by atoms with van der Waals surface area (Å²) < 4.78 is 0. The van der Waals surface area contributed by atoms with Crippen molar-refractivity contribution in [2.24, 2.45) is 0 Å². The van der Waals surface area contributed by atoms with E-state index in [1.165, 1.54) is 6.33 Å². The molecule has 0 spiro atoms. The Labute approximate surface area is 99.7 Å².